The lowest BCUT2D eigenvalue weighted by molar-refractivity contribution is 0.670. The lowest BCUT2D eigenvalue weighted by Crippen LogP contribution is -2.05. The number of hydrogen-bond acceptors (Lipinski definition) is 3. The Kier molecular flexibility index (Phi) is 6.87. The number of hydrogen-bond donors (Lipinski definition) is 0. The van der Waals surface area contributed by atoms with Crippen molar-refractivity contribution < 1.29 is 4.42 Å². The van der Waals surface area contributed by atoms with E-state index >= 15 is 0 Å². The van der Waals surface area contributed by atoms with Crippen LogP contribution in [0.25, 0.3) is 60.7 Å². The molecule has 9 rings (SSSR count). The fraction of sp³-hybridized carbons (Fsp3) is 0.0222. The number of allylic oxidation sites excluding steroid dienone is 1. The zero-order valence-electron chi connectivity index (χ0n) is 26.2. The molecule has 0 atom stereocenters. The molecule has 0 bridgehead atoms. The highest BCUT2D eigenvalue weighted by molar-refractivity contribution is 6.23. The maximum absolute atomic E-state index is 6.67. The number of nitrogens with zero attached hydrogens (tertiary/aromatic N) is 2. The van der Waals surface area contributed by atoms with Crippen molar-refractivity contribution in [1.82, 2.24) is 0 Å². The molecule has 0 N–H and O–H groups in total. The average Bonchev–Trinajstić information content (AvgIpc) is 3.40. The van der Waals surface area contributed by atoms with Crippen molar-refractivity contribution in [3.63, 3.8) is 0 Å². The first-order valence-corrected chi connectivity index (χ1v) is 16.3. The molecule has 0 amide bonds. The molecule has 0 saturated carbocycles. The lowest BCUT2D eigenvalue weighted by atomic mass is 9.97. The normalized spacial score (nSPS) is 13.3. The summed E-state index contributed by atoms with van der Waals surface area (Å²) in [5.74, 6) is 0.680. The Balaban J connectivity index is 1.16. The second kappa shape index (κ2) is 11.8. The third-order valence-corrected chi connectivity index (χ3v) is 9.17. The summed E-state index contributed by atoms with van der Waals surface area (Å²) in [7, 11) is 0. The Morgan fingerprint density at radius 2 is 1.12 bits per heavy atom. The molecule has 1 aromatic heterocycles. The van der Waals surface area contributed by atoms with Crippen LogP contribution in [0, 0.1) is 0 Å². The highest BCUT2D eigenvalue weighted by Crippen LogP contribution is 2.39. The van der Waals surface area contributed by atoms with Gasteiger partial charge in [-0.25, -0.2) is 9.98 Å². The van der Waals surface area contributed by atoms with Gasteiger partial charge in [0, 0.05) is 28.3 Å². The smallest absolute Gasteiger partial charge is 0.160 e. The zero-order valence-corrected chi connectivity index (χ0v) is 26.2. The molecule has 3 nitrogen and oxygen atoms in total. The Bertz CT molecular complexity index is 2560. The fourth-order valence-electron chi connectivity index (χ4n) is 6.75. The molecular formula is C45H30N2O. The van der Waals surface area contributed by atoms with E-state index in [0.29, 0.717) is 12.3 Å². The topological polar surface area (TPSA) is 37.9 Å². The number of rotatable bonds is 5. The van der Waals surface area contributed by atoms with Crippen LogP contribution in [0.3, 0.4) is 0 Å². The van der Waals surface area contributed by atoms with Gasteiger partial charge in [-0.3, -0.25) is 0 Å². The largest absolute Gasteiger partial charge is 0.455 e. The Labute approximate surface area is 278 Å². The first-order chi connectivity index (χ1) is 23.8. The van der Waals surface area contributed by atoms with Gasteiger partial charge < -0.3 is 4.42 Å². The minimum atomic E-state index is 0.680. The maximum Gasteiger partial charge on any atom is 0.160 e. The molecule has 226 valence electrons. The van der Waals surface area contributed by atoms with Gasteiger partial charge in [0.25, 0.3) is 0 Å². The fourth-order valence-corrected chi connectivity index (χ4v) is 6.75. The van der Waals surface area contributed by atoms with Gasteiger partial charge in [-0.2, -0.15) is 0 Å². The first kappa shape index (κ1) is 27.9. The summed E-state index contributed by atoms with van der Waals surface area (Å²) in [6, 6.07) is 57.2. The van der Waals surface area contributed by atoms with Crippen LogP contribution < -0.4 is 0 Å². The standard InChI is InChI=1S/C45H30N2O/c1-3-12-33(13-4-1)40-27-28-41(34-14-5-2-6-15-34)47-45(46-40)39-19-10-20-42-43(39)38-18-9-17-37(44(38)48-42)32-24-21-31(22-25-32)36-26-23-30-11-7-8-16-35(30)29-36/h1-27,29H,28H2. The SMILES string of the molecule is C1=C(c2ccccc2)N=C(c2cccc3oc4c(-c5ccc(-c6ccc7ccccc7c6)cc5)cccc4c23)N=C(c2ccccc2)C1. The minimum Gasteiger partial charge on any atom is -0.455 e. The number of aliphatic imine (C=N–C) groups is 2. The van der Waals surface area contributed by atoms with E-state index in [0.717, 1.165) is 61.2 Å². The van der Waals surface area contributed by atoms with E-state index in [1.54, 1.807) is 0 Å². The van der Waals surface area contributed by atoms with Crippen LogP contribution in [0.5, 0.6) is 0 Å². The Morgan fingerprint density at radius 3 is 1.94 bits per heavy atom. The van der Waals surface area contributed by atoms with Gasteiger partial charge in [0.2, 0.25) is 0 Å². The van der Waals surface area contributed by atoms with E-state index in [-0.39, 0.29) is 0 Å². The van der Waals surface area contributed by atoms with E-state index in [2.05, 4.69) is 146 Å². The Hall–Kier alpha value is -6.32. The summed E-state index contributed by atoms with van der Waals surface area (Å²) in [5.41, 5.74) is 11.2. The molecule has 1 aliphatic rings. The molecule has 0 unspecified atom stereocenters. The molecule has 7 aromatic carbocycles. The van der Waals surface area contributed by atoms with Crippen molar-refractivity contribution in [2.75, 3.05) is 0 Å². The highest BCUT2D eigenvalue weighted by Gasteiger charge is 2.20. The molecular weight excluding hydrogens is 585 g/mol. The van der Waals surface area contributed by atoms with E-state index in [9.17, 15) is 0 Å². The van der Waals surface area contributed by atoms with E-state index in [4.69, 9.17) is 14.4 Å². The lowest BCUT2D eigenvalue weighted by Gasteiger charge is -2.08. The van der Waals surface area contributed by atoms with Crippen molar-refractivity contribution in [2.24, 2.45) is 9.98 Å². The van der Waals surface area contributed by atoms with Crippen LogP contribution in [0.4, 0.5) is 0 Å². The molecule has 0 spiro atoms. The van der Waals surface area contributed by atoms with Crippen molar-refractivity contribution in [3.05, 3.63) is 187 Å². The number of benzene rings is 7. The van der Waals surface area contributed by atoms with E-state index in [1.165, 1.54) is 21.9 Å². The van der Waals surface area contributed by atoms with Crippen LogP contribution in [-0.2, 0) is 0 Å². The molecule has 0 aliphatic carbocycles. The number of amidine groups is 1. The molecule has 8 aromatic rings. The van der Waals surface area contributed by atoms with Crippen molar-refractivity contribution in [2.45, 2.75) is 6.42 Å². The molecule has 1 aliphatic heterocycles. The second-order valence-corrected chi connectivity index (χ2v) is 12.1. The highest BCUT2D eigenvalue weighted by atomic mass is 16.3. The van der Waals surface area contributed by atoms with Gasteiger partial charge >= 0.3 is 0 Å². The third kappa shape index (κ3) is 5.03. The summed E-state index contributed by atoms with van der Waals surface area (Å²) in [5, 5.41) is 4.56. The van der Waals surface area contributed by atoms with Gasteiger partial charge in [0.15, 0.2) is 5.84 Å². The van der Waals surface area contributed by atoms with Crippen LogP contribution >= 0.6 is 0 Å². The number of fused-ring (bicyclic) bond motifs is 4. The van der Waals surface area contributed by atoms with Crippen molar-refractivity contribution >= 4 is 50.0 Å². The molecule has 2 heterocycles. The van der Waals surface area contributed by atoms with Gasteiger partial charge in [-0.1, -0.05) is 158 Å². The minimum absolute atomic E-state index is 0.680. The zero-order chi connectivity index (χ0) is 31.9. The molecule has 0 saturated heterocycles. The average molecular weight is 615 g/mol. The molecule has 3 heteroatoms. The maximum atomic E-state index is 6.67. The summed E-state index contributed by atoms with van der Waals surface area (Å²) < 4.78 is 6.67. The van der Waals surface area contributed by atoms with Crippen LogP contribution in [0.2, 0.25) is 0 Å². The van der Waals surface area contributed by atoms with Crippen molar-refractivity contribution in [1.29, 1.82) is 0 Å². The Morgan fingerprint density at radius 1 is 0.458 bits per heavy atom. The first-order valence-electron chi connectivity index (χ1n) is 16.3. The monoisotopic (exact) mass is 614 g/mol. The molecule has 0 fully saturated rings. The summed E-state index contributed by atoms with van der Waals surface area (Å²) in [6.07, 6.45) is 2.87. The molecule has 48 heavy (non-hydrogen) atoms. The molecule has 0 radical (unpaired) electrons. The summed E-state index contributed by atoms with van der Waals surface area (Å²) in [6.45, 7) is 0. The summed E-state index contributed by atoms with van der Waals surface area (Å²) >= 11 is 0. The second-order valence-electron chi connectivity index (χ2n) is 12.1. The quantitative estimate of drug-likeness (QED) is 0.190. The predicted octanol–water partition coefficient (Wildman–Crippen LogP) is 11.8. The summed E-state index contributed by atoms with van der Waals surface area (Å²) in [4.78, 5) is 10.5. The predicted molar refractivity (Wildman–Crippen MR) is 201 cm³/mol. The van der Waals surface area contributed by atoms with E-state index in [1.807, 2.05) is 24.3 Å². The van der Waals surface area contributed by atoms with Crippen LogP contribution in [-0.4, -0.2) is 11.5 Å². The number of para-hydroxylation sites is 1. The van der Waals surface area contributed by atoms with Crippen molar-refractivity contribution in [3.8, 4) is 22.3 Å². The van der Waals surface area contributed by atoms with Crippen LogP contribution in [0.15, 0.2) is 184 Å². The van der Waals surface area contributed by atoms with Gasteiger partial charge in [0.1, 0.15) is 11.2 Å². The number of furan rings is 1. The van der Waals surface area contributed by atoms with Crippen LogP contribution in [0.1, 0.15) is 23.1 Å². The van der Waals surface area contributed by atoms with Gasteiger partial charge in [-0.05, 0) is 50.7 Å². The van der Waals surface area contributed by atoms with Gasteiger partial charge in [0.05, 0.1) is 11.4 Å². The van der Waals surface area contributed by atoms with E-state index < -0.39 is 0 Å². The van der Waals surface area contributed by atoms with Gasteiger partial charge in [-0.15, -0.1) is 0 Å². The third-order valence-electron chi connectivity index (χ3n) is 9.17.